The van der Waals surface area contributed by atoms with Gasteiger partial charge in [0.15, 0.2) is 0 Å². The molecule has 16 heavy (non-hydrogen) atoms. The maximum Gasteiger partial charge on any atom is 0.243 e. The molecule has 2 fully saturated rings. The second kappa shape index (κ2) is 4.58. The van der Waals surface area contributed by atoms with Crippen molar-refractivity contribution in [2.45, 2.75) is 51.2 Å². The van der Waals surface area contributed by atoms with Crippen molar-refractivity contribution >= 4 is 5.91 Å². The van der Waals surface area contributed by atoms with Crippen LogP contribution >= 0.6 is 0 Å². The number of ether oxygens (including phenoxy) is 1. The third-order valence-electron chi connectivity index (χ3n) is 4.19. The van der Waals surface area contributed by atoms with E-state index in [1.807, 2.05) is 6.92 Å². The van der Waals surface area contributed by atoms with Crippen LogP contribution in [0.3, 0.4) is 0 Å². The fourth-order valence-electron chi connectivity index (χ4n) is 3.32. The van der Waals surface area contributed by atoms with Crippen LogP contribution in [-0.2, 0) is 9.53 Å². The van der Waals surface area contributed by atoms with Gasteiger partial charge >= 0.3 is 0 Å². The Morgan fingerprint density at radius 2 is 2.25 bits per heavy atom. The van der Waals surface area contributed by atoms with Gasteiger partial charge in [-0.2, -0.15) is 0 Å². The molecule has 1 N–H and O–H groups in total. The van der Waals surface area contributed by atoms with Crippen LogP contribution in [0.4, 0.5) is 0 Å². The van der Waals surface area contributed by atoms with Crippen LogP contribution < -0.4 is 5.32 Å². The van der Waals surface area contributed by atoms with Crippen molar-refractivity contribution in [1.29, 1.82) is 0 Å². The predicted octanol–water partition coefficient (Wildman–Crippen LogP) is 2.03. The zero-order chi connectivity index (χ0) is 11.6. The first kappa shape index (κ1) is 11.6. The minimum absolute atomic E-state index is 0.0498. The van der Waals surface area contributed by atoms with Gasteiger partial charge in [-0.15, -0.1) is 0 Å². The maximum absolute atomic E-state index is 11.3. The fourth-order valence-corrected chi connectivity index (χ4v) is 3.32. The molecule has 2 aliphatic carbocycles. The van der Waals surface area contributed by atoms with E-state index in [1.54, 1.807) is 0 Å². The summed E-state index contributed by atoms with van der Waals surface area (Å²) in [6.07, 6.45) is 7.60. The monoisotopic (exact) mass is 223 g/mol. The van der Waals surface area contributed by atoms with Crippen LogP contribution in [0, 0.1) is 5.41 Å². The lowest BCUT2D eigenvalue weighted by atomic mass is 9.60. The van der Waals surface area contributed by atoms with Crippen molar-refractivity contribution in [3.63, 3.8) is 0 Å². The van der Waals surface area contributed by atoms with Crippen molar-refractivity contribution in [2.75, 3.05) is 6.61 Å². The molecule has 2 saturated carbocycles. The highest BCUT2D eigenvalue weighted by Gasteiger charge is 2.56. The van der Waals surface area contributed by atoms with Crippen LogP contribution in [0.25, 0.3) is 0 Å². The molecule has 0 aromatic rings. The molecule has 0 saturated heterocycles. The van der Waals surface area contributed by atoms with Crippen molar-refractivity contribution in [3.8, 4) is 0 Å². The van der Waals surface area contributed by atoms with E-state index in [2.05, 4.69) is 11.9 Å². The topological polar surface area (TPSA) is 38.3 Å². The standard InChI is InChI=1S/C13H21NO2/c1-3-12(15)14-10-9-11(16-4-2)13(10)7-5-6-8-13/h3,10-11H,1,4-9H2,2H3,(H,14,15). The van der Waals surface area contributed by atoms with E-state index in [4.69, 9.17) is 4.74 Å². The number of carbonyl (C=O) groups excluding carboxylic acids is 1. The summed E-state index contributed by atoms with van der Waals surface area (Å²) in [5.74, 6) is -0.0498. The largest absolute Gasteiger partial charge is 0.378 e. The van der Waals surface area contributed by atoms with Crippen LogP contribution in [0.15, 0.2) is 12.7 Å². The third kappa shape index (κ3) is 1.77. The van der Waals surface area contributed by atoms with Crippen molar-refractivity contribution in [1.82, 2.24) is 5.32 Å². The van der Waals surface area contributed by atoms with E-state index in [-0.39, 0.29) is 11.3 Å². The molecular formula is C13H21NO2. The number of amides is 1. The maximum atomic E-state index is 11.3. The van der Waals surface area contributed by atoms with Crippen LogP contribution in [0.1, 0.15) is 39.0 Å². The first-order valence-electron chi connectivity index (χ1n) is 6.27. The lowest BCUT2D eigenvalue weighted by Gasteiger charge is -2.53. The third-order valence-corrected chi connectivity index (χ3v) is 4.19. The zero-order valence-electron chi connectivity index (χ0n) is 10.00. The summed E-state index contributed by atoms with van der Waals surface area (Å²) in [6.45, 7) is 6.31. The van der Waals surface area contributed by atoms with E-state index in [9.17, 15) is 4.79 Å². The fraction of sp³-hybridized carbons (Fsp3) is 0.769. The van der Waals surface area contributed by atoms with Crippen molar-refractivity contribution in [3.05, 3.63) is 12.7 Å². The average Bonchev–Trinajstić information content (AvgIpc) is 2.79. The number of hydrogen-bond donors (Lipinski definition) is 1. The van der Waals surface area contributed by atoms with Gasteiger partial charge in [-0.3, -0.25) is 4.79 Å². The predicted molar refractivity (Wildman–Crippen MR) is 63.1 cm³/mol. The van der Waals surface area contributed by atoms with Crippen molar-refractivity contribution in [2.24, 2.45) is 5.41 Å². The Morgan fingerprint density at radius 3 is 2.81 bits per heavy atom. The molecule has 1 amide bonds. The highest BCUT2D eigenvalue weighted by atomic mass is 16.5. The average molecular weight is 223 g/mol. The Kier molecular flexibility index (Phi) is 3.33. The van der Waals surface area contributed by atoms with Crippen LogP contribution in [-0.4, -0.2) is 24.7 Å². The van der Waals surface area contributed by atoms with Crippen LogP contribution in [0.5, 0.6) is 0 Å². The Bertz CT molecular complexity index is 282. The van der Waals surface area contributed by atoms with Crippen molar-refractivity contribution < 1.29 is 9.53 Å². The number of rotatable bonds is 4. The smallest absolute Gasteiger partial charge is 0.243 e. The molecule has 2 aliphatic rings. The summed E-state index contributed by atoms with van der Waals surface area (Å²) in [7, 11) is 0. The molecule has 0 aromatic carbocycles. The van der Waals surface area contributed by atoms with Crippen LogP contribution in [0.2, 0.25) is 0 Å². The number of carbonyl (C=O) groups is 1. The molecular weight excluding hydrogens is 202 g/mol. The molecule has 0 bridgehead atoms. The molecule has 90 valence electrons. The second-order valence-corrected chi connectivity index (χ2v) is 4.89. The SMILES string of the molecule is C=CC(=O)NC1CC(OCC)C12CCCC2. The van der Waals surface area contributed by atoms with Gasteiger partial charge in [0, 0.05) is 18.1 Å². The highest BCUT2D eigenvalue weighted by molar-refractivity contribution is 5.87. The summed E-state index contributed by atoms with van der Waals surface area (Å²) in [6, 6.07) is 0.303. The van der Waals surface area contributed by atoms with Gasteiger partial charge in [0.25, 0.3) is 0 Å². The molecule has 0 radical (unpaired) electrons. The molecule has 0 aliphatic heterocycles. The lowest BCUT2D eigenvalue weighted by molar-refractivity contribution is -0.141. The quantitative estimate of drug-likeness (QED) is 0.741. The molecule has 3 heteroatoms. The molecule has 1 spiro atoms. The van der Waals surface area contributed by atoms with Gasteiger partial charge in [-0.25, -0.2) is 0 Å². The summed E-state index contributed by atoms with van der Waals surface area (Å²) in [4.78, 5) is 11.3. The number of nitrogens with one attached hydrogen (secondary N) is 1. The van der Waals surface area contributed by atoms with Gasteiger partial charge in [0.05, 0.1) is 6.10 Å². The molecule has 0 heterocycles. The van der Waals surface area contributed by atoms with E-state index < -0.39 is 0 Å². The lowest BCUT2D eigenvalue weighted by Crippen LogP contribution is -2.63. The molecule has 2 rings (SSSR count). The molecule has 0 aromatic heterocycles. The van der Waals surface area contributed by atoms with Gasteiger partial charge in [0.2, 0.25) is 5.91 Å². The molecule has 3 nitrogen and oxygen atoms in total. The Balaban J connectivity index is 2.00. The summed E-state index contributed by atoms with van der Waals surface area (Å²) in [5, 5.41) is 3.05. The summed E-state index contributed by atoms with van der Waals surface area (Å²) < 4.78 is 5.78. The van der Waals surface area contributed by atoms with Gasteiger partial charge < -0.3 is 10.1 Å². The molecule has 2 unspecified atom stereocenters. The highest BCUT2D eigenvalue weighted by Crippen LogP contribution is 2.54. The minimum atomic E-state index is -0.0498. The van der Waals surface area contributed by atoms with E-state index in [0.717, 1.165) is 13.0 Å². The molecule has 2 atom stereocenters. The first-order chi connectivity index (χ1) is 7.73. The zero-order valence-corrected chi connectivity index (χ0v) is 10.00. The second-order valence-electron chi connectivity index (χ2n) is 4.89. The Labute approximate surface area is 97.2 Å². The van der Waals surface area contributed by atoms with E-state index in [1.165, 1.54) is 31.8 Å². The first-order valence-corrected chi connectivity index (χ1v) is 6.27. The Hall–Kier alpha value is -0.830. The minimum Gasteiger partial charge on any atom is -0.378 e. The van der Waals surface area contributed by atoms with Gasteiger partial charge in [-0.1, -0.05) is 19.4 Å². The van der Waals surface area contributed by atoms with E-state index in [0.29, 0.717) is 12.1 Å². The number of hydrogen-bond acceptors (Lipinski definition) is 2. The van der Waals surface area contributed by atoms with Gasteiger partial charge in [0.1, 0.15) is 0 Å². The normalized spacial score (nSPS) is 31.1. The Morgan fingerprint density at radius 1 is 1.56 bits per heavy atom. The van der Waals surface area contributed by atoms with Gasteiger partial charge in [-0.05, 0) is 32.3 Å². The summed E-state index contributed by atoms with van der Waals surface area (Å²) in [5.41, 5.74) is 0.231. The van der Waals surface area contributed by atoms with E-state index >= 15 is 0 Å². The summed E-state index contributed by atoms with van der Waals surface area (Å²) >= 11 is 0.